The Balaban J connectivity index is 3.38. The van der Waals surface area contributed by atoms with Crippen molar-refractivity contribution < 1.29 is 23.6 Å². The Labute approximate surface area is 114 Å². The van der Waals surface area contributed by atoms with E-state index in [0.717, 1.165) is 14.2 Å². The van der Waals surface area contributed by atoms with Crippen LogP contribution in [0.3, 0.4) is 0 Å². The summed E-state index contributed by atoms with van der Waals surface area (Å²) in [6.07, 6.45) is 0. The number of nitro groups is 1. The molecule has 1 aromatic rings. The van der Waals surface area contributed by atoms with E-state index in [1.807, 2.05) is 0 Å². The molecule has 0 bridgehead atoms. The Bertz CT molecular complexity index is 499. The summed E-state index contributed by atoms with van der Waals surface area (Å²) in [5.41, 5.74) is 0.0284. The number of aliphatic hydroxyl groups is 1. The third-order valence-electron chi connectivity index (χ3n) is 2.59. The second-order valence-electron chi connectivity index (χ2n) is 3.68. The Hall–Kier alpha value is -0.980. The molecule has 1 N–H and O–H groups in total. The molecule has 0 radical (unpaired) electrons. The molecule has 1 unspecified atom stereocenters. The first kappa shape index (κ1) is 16.1. The van der Waals surface area contributed by atoms with Gasteiger partial charge in [-0.25, -0.2) is 0 Å². The average molecular weight is 310 g/mol. The van der Waals surface area contributed by atoms with Crippen LogP contribution in [0.2, 0.25) is 5.02 Å². The summed E-state index contributed by atoms with van der Waals surface area (Å²) in [4.78, 5) is 9.93. The lowest BCUT2D eigenvalue weighted by atomic mass is 10.1. The van der Waals surface area contributed by atoms with Gasteiger partial charge in [0, 0.05) is 29.7 Å². The molecule has 0 aliphatic rings. The summed E-state index contributed by atoms with van der Waals surface area (Å²) in [5, 5.41) is 19.2. The molecule has 1 atom stereocenters. The number of rotatable bonds is 6. The van der Waals surface area contributed by atoms with E-state index in [2.05, 4.69) is 9.05 Å². The van der Waals surface area contributed by atoms with Gasteiger partial charge < -0.3 is 14.2 Å². The zero-order valence-electron chi connectivity index (χ0n) is 10.3. The summed E-state index contributed by atoms with van der Waals surface area (Å²) in [6, 6.07) is 5.49. The van der Waals surface area contributed by atoms with Crippen LogP contribution in [0, 0.1) is 10.1 Å². The van der Waals surface area contributed by atoms with E-state index in [1.165, 1.54) is 24.3 Å². The smallest absolute Gasteiger partial charge is 0.368 e. The standard InChI is InChI=1S/C10H13ClNO6P/c1-17-19(16,18-2)10(13,7-12(14)15)8-3-5-9(11)6-4-8/h3-6,13H,7H2,1-2H3. The molecule has 0 saturated heterocycles. The van der Waals surface area contributed by atoms with E-state index < -0.39 is 24.4 Å². The molecule has 0 aliphatic heterocycles. The fraction of sp³-hybridized carbons (Fsp3) is 0.400. The Morgan fingerprint density at radius 2 is 1.84 bits per heavy atom. The van der Waals surface area contributed by atoms with Crippen molar-refractivity contribution in [3.05, 3.63) is 45.0 Å². The van der Waals surface area contributed by atoms with Gasteiger partial charge in [-0.1, -0.05) is 23.7 Å². The van der Waals surface area contributed by atoms with Gasteiger partial charge in [0.15, 0.2) is 0 Å². The second-order valence-corrected chi connectivity index (χ2v) is 6.58. The van der Waals surface area contributed by atoms with Gasteiger partial charge in [0.05, 0.1) is 0 Å². The first-order chi connectivity index (χ1) is 8.79. The van der Waals surface area contributed by atoms with Gasteiger partial charge in [-0.05, 0) is 12.1 Å². The van der Waals surface area contributed by atoms with Gasteiger partial charge >= 0.3 is 7.60 Å². The molecular weight excluding hydrogens is 297 g/mol. The summed E-state index contributed by atoms with van der Waals surface area (Å²) in [6.45, 7) is -1.02. The summed E-state index contributed by atoms with van der Waals surface area (Å²) in [5.74, 6) is 0. The largest absolute Gasteiger partial charge is 0.372 e. The Kier molecular flexibility index (Phi) is 5.06. The highest BCUT2D eigenvalue weighted by Gasteiger charge is 2.54. The third-order valence-corrected chi connectivity index (χ3v) is 5.11. The number of hydrogen-bond donors (Lipinski definition) is 1. The topological polar surface area (TPSA) is 98.9 Å². The fourth-order valence-electron chi connectivity index (χ4n) is 1.61. The highest BCUT2D eigenvalue weighted by molar-refractivity contribution is 7.54. The minimum Gasteiger partial charge on any atom is -0.368 e. The van der Waals surface area contributed by atoms with E-state index in [1.54, 1.807) is 0 Å². The van der Waals surface area contributed by atoms with Crippen molar-refractivity contribution in [3.63, 3.8) is 0 Å². The van der Waals surface area contributed by atoms with E-state index in [-0.39, 0.29) is 5.56 Å². The first-order valence-electron chi connectivity index (χ1n) is 5.11. The van der Waals surface area contributed by atoms with E-state index in [0.29, 0.717) is 5.02 Å². The lowest BCUT2D eigenvalue weighted by Gasteiger charge is -2.30. The number of benzene rings is 1. The number of halogens is 1. The molecule has 1 rings (SSSR count). The van der Waals surface area contributed by atoms with E-state index in [4.69, 9.17) is 11.6 Å². The van der Waals surface area contributed by atoms with Gasteiger partial charge in [-0.3, -0.25) is 14.7 Å². The van der Waals surface area contributed by atoms with Gasteiger partial charge in [0.2, 0.25) is 6.54 Å². The minimum atomic E-state index is -4.12. The zero-order chi connectivity index (χ0) is 14.7. The molecule has 0 amide bonds. The van der Waals surface area contributed by atoms with Crippen LogP contribution in [0.15, 0.2) is 24.3 Å². The normalized spacial score (nSPS) is 14.9. The molecule has 0 aliphatic carbocycles. The van der Waals surface area contributed by atoms with Crippen LogP contribution in [0.25, 0.3) is 0 Å². The van der Waals surface area contributed by atoms with Crippen LogP contribution in [0.1, 0.15) is 5.56 Å². The maximum absolute atomic E-state index is 12.4. The van der Waals surface area contributed by atoms with Gasteiger partial charge in [0.25, 0.3) is 5.34 Å². The molecule has 1 aromatic carbocycles. The Morgan fingerprint density at radius 3 is 2.21 bits per heavy atom. The molecule has 7 nitrogen and oxygen atoms in total. The van der Waals surface area contributed by atoms with Crippen molar-refractivity contribution in [3.8, 4) is 0 Å². The van der Waals surface area contributed by atoms with Crippen molar-refractivity contribution in [1.29, 1.82) is 0 Å². The van der Waals surface area contributed by atoms with Gasteiger partial charge in [-0.15, -0.1) is 0 Å². The highest BCUT2D eigenvalue weighted by Crippen LogP contribution is 2.62. The number of hydrogen-bond acceptors (Lipinski definition) is 6. The van der Waals surface area contributed by atoms with Crippen molar-refractivity contribution in [2.45, 2.75) is 5.34 Å². The third kappa shape index (κ3) is 3.13. The molecule has 0 spiro atoms. The van der Waals surface area contributed by atoms with Crippen molar-refractivity contribution >= 4 is 19.2 Å². The maximum Gasteiger partial charge on any atom is 0.372 e. The SMILES string of the molecule is COP(=O)(OC)C(O)(C[N+](=O)[O-])c1ccc(Cl)cc1. The lowest BCUT2D eigenvalue weighted by molar-refractivity contribution is -0.496. The molecule has 19 heavy (non-hydrogen) atoms. The fourth-order valence-corrected chi connectivity index (χ4v) is 3.24. The monoisotopic (exact) mass is 309 g/mol. The summed E-state index contributed by atoms with van der Waals surface area (Å²) in [7, 11) is -2.03. The molecule has 0 aromatic heterocycles. The predicted octanol–water partition coefficient (Wildman–Crippen LogP) is 2.25. The summed E-state index contributed by atoms with van der Waals surface area (Å²) < 4.78 is 21.7. The molecule has 0 heterocycles. The lowest BCUT2D eigenvalue weighted by Crippen LogP contribution is -2.35. The number of nitrogens with zero attached hydrogens (tertiary/aromatic N) is 1. The van der Waals surface area contributed by atoms with Crippen LogP contribution >= 0.6 is 19.2 Å². The van der Waals surface area contributed by atoms with Crippen molar-refractivity contribution in [1.82, 2.24) is 0 Å². The van der Waals surface area contributed by atoms with Crippen LogP contribution < -0.4 is 0 Å². The molecular formula is C10H13ClNO6P. The van der Waals surface area contributed by atoms with Crippen molar-refractivity contribution in [2.75, 3.05) is 20.8 Å². The Morgan fingerprint density at radius 1 is 1.37 bits per heavy atom. The molecule has 9 heteroatoms. The van der Waals surface area contributed by atoms with Crippen LogP contribution in [-0.4, -0.2) is 30.8 Å². The highest BCUT2D eigenvalue weighted by atomic mass is 35.5. The predicted molar refractivity (Wildman–Crippen MR) is 68.8 cm³/mol. The molecule has 106 valence electrons. The van der Waals surface area contributed by atoms with Gasteiger partial charge in [0.1, 0.15) is 0 Å². The van der Waals surface area contributed by atoms with E-state index in [9.17, 15) is 19.8 Å². The van der Waals surface area contributed by atoms with Crippen LogP contribution in [-0.2, 0) is 19.0 Å². The van der Waals surface area contributed by atoms with Crippen LogP contribution in [0.5, 0.6) is 0 Å². The second kappa shape index (κ2) is 5.98. The van der Waals surface area contributed by atoms with Crippen LogP contribution in [0.4, 0.5) is 0 Å². The molecule has 0 saturated carbocycles. The quantitative estimate of drug-likeness (QED) is 0.491. The average Bonchev–Trinajstić information content (AvgIpc) is 2.37. The first-order valence-corrected chi connectivity index (χ1v) is 7.03. The van der Waals surface area contributed by atoms with E-state index >= 15 is 0 Å². The summed E-state index contributed by atoms with van der Waals surface area (Å²) >= 11 is 5.70. The maximum atomic E-state index is 12.4. The molecule has 0 fully saturated rings. The van der Waals surface area contributed by atoms with Crippen molar-refractivity contribution in [2.24, 2.45) is 0 Å². The minimum absolute atomic E-state index is 0.0284. The zero-order valence-corrected chi connectivity index (χ0v) is 11.9. The van der Waals surface area contributed by atoms with Gasteiger partial charge in [-0.2, -0.15) is 0 Å².